The molecule has 0 amide bonds. The Morgan fingerprint density at radius 2 is 1.53 bits per heavy atom. The van der Waals surface area contributed by atoms with Crippen LogP contribution >= 0.6 is 0 Å². The number of nitriles is 1. The van der Waals surface area contributed by atoms with E-state index < -0.39 is 11.7 Å². The van der Waals surface area contributed by atoms with Crippen LogP contribution in [0, 0.1) is 29.1 Å². The maximum absolute atomic E-state index is 12.8. The molecule has 1 aromatic rings. The van der Waals surface area contributed by atoms with Crippen molar-refractivity contribution in [1.82, 2.24) is 0 Å². The van der Waals surface area contributed by atoms with Gasteiger partial charge in [0.05, 0.1) is 11.6 Å². The molecule has 2 fully saturated rings. The maximum Gasteiger partial charge on any atom is 0.416 e. The van der Waals surface area contributed by atoms with Gasteiger partial charge >= 0.3 is 6.18 Å². The molecule has 0 unspecified atom stereocenters. The van der Waals surface area contributed by atoms with E-state index in [1.54, 1.807) is 18.2 Å². The molecular formula is C26H32F3N. The maximum atomic E-state index is 12.8. The summed E-state index contributed by atoms with van der Waals surface area (Å²) in [7, 11) is 0. The van der Waals surface area contributed by atoms with Crippen LogP contribution in [-0.2, 0) is 6.18 Å². The topological polar surface area (TPSA) is 23.8 Å². The Bertz CT molecular complexity index is 753. The van der Waals surface area contributed by atoms with Crippen molar-refractivity contribution < 1.29 is 13.2 Å². The average Bonchev–Trinajstić information content (AvgIpc) is 2.76. The Balaban J connectivity index is 1.43. The van der Waals surface area contributed by atoms with E-state index in [1.165, 1.54) is 49.8 Å². The summed E-state index contributed by atoms with van der Waals surface area (Å²) in [5, 5.41) is 8.56. The molecular weight excluding hydrogens is 383 g/mol. The van der Waals surface area contributed by atoms with Crippen LogP contribution in [0.5, 0.6) is 0 Å². The van der Waals surface area contributed by atoms with Gasteiger partial charge in [-0.25, -0.2) is 0 Å². The molecule has 4 heteroatoms. The van der Waals surface area contributed by atoms with Gasteiger partial charge in [-0.2, -0.15) is 18.4 Å². The van der Waals surface area contributed by atoms with Crippen molar-refractivity contribution >= 4 is 0 Å². The molecule has 0 saturated heterocycles. The fourth-order valence-corrected chi connectivity index (χ4v) is 5.37. The van der Waals surface area contributed by atoms with Gasteiger partial charge in [0.15, 0.2) is 0 Å². The molecule has 0 aliphatic heterocycles. The van der Waals surface area contributed by atoms with Gasteiger partial charge in [0.1, 0.15) is 0 Å². The first-order chi connectivity index (χ1) is 14.4. The first kappa shape index (κ1) is 22.7. The van der Waals surface area contributed by atoms with Crippen molar-refractivity contribution in [3.8, 4) is 6.07 Å². The summed E-state index contributed by atoms with van der Waals surface area (Å²) in [5.74, 6) is 2.33. The summed E-state index contributed by atoms with van der Waals surface area (Å²) in [6.45, 7) is 4.48. The molecule has 0 heterocycles. The number of halogens is 3. The van der Waals surface area contributed by atoms with Gasteiger partial charge in [-0.15, -0.1) is 0 Å². The molecule has 0 radical (unpaired) electrons. The van der Waals surface area contributed by atoms with Gasteiger partial charge in [0.2, 0.25) is 0 Å². The number of nitrogens with zero attached hydrogens (tertiary/aromatic N) is 1. The molecule has 0 bridgehead atoms. The smallest absolute Gasteiger partial charge is 0.193 e. The third-order valence-electron chi connectivity index (χ3n) is 7.27. The second-order valence-corrected chi connectivity index (χ2v) is 9.07. The Morgan fingerprint density at radius 3 is 2.07 bits per heavy atom. The van der Waals surface area contributed by atoms with Gasteiger partial charge in [-0.05, 0) is 106 Å². The zero-order valence-corrected chi connectivity index (χ0v) is 17.6. The zero-order chi connectivity index (χ0) is 21.6. The molecule has 1 aromatic carbocycles. The van der Waals surface area contributed by atoms with E-state index >= 15 is 0 Å². The fraction of sp³-hybridized carbons (Fsp3) is 0.577. The predicted octanol–water partition coefficient (Wildman–Crippen LogP) is 8.20. The van der Waals surface area contributed by atoms with Crippen LogP contribution in [0.3, 0.4) is 0 Å². The molecule has 162 valence electrons. The van der Waals surface area contributed by atoms with Crippen LogP contribution in [0.2, 0.25) is 0 Å². The lowest BCUT2D eigenvalue weighted by Gasteiger charge is -2.36. The van der Waals surface area contributed by atoms with E-state index in [4.69, 9.17) is 5.26 Å². The van der Waals surface area contributed by atoms with Crippen molar-refractivity contribution in [2.45, 2.75) is 76.3 Å². The quantitative estimate of drug-likeness (QED) is 0.339. The summed E-state index contributed by atoms with van der Waals surface area (Å²) in [5.41, 5.74) is 1.90. The molecule has 2 aliphatic rings. The Labute approximate surface area is 178 Å². The highest BCUT2D eigenvalue weighted by Crippen LogP contribution is 2.44. The average molecular weight is 416 g/mol. The number of hydrogen-bond donors (Lipinski definition) is 0. The van der Waals surface area contributed by atoms with Crippen LogP contribution in [0.4, 0.5) is 13.2 Å². The zero-order valence-electron chi connectivity index (χ0n) is 17.6. The van der Waals surface area contributed by atoms with Crippen LogP contribution in [0.15, 0.2) is 48.6 Å². The van der Waals surface area contributed by atoms with E-state index in [-0.39, 0.29) is 0 Å². The molecule has 0 atom stereocenters. The lowest BCUT2D eigenvalue weighted by atomic mass is 9.69. The second kappa shape index (κ2) is 10.3. The molecule has 2 saturated carbocycles. The second-order valence-electron chi connectivity index (χ2n) is 9.07. The minimum Gasteiger partial charge on any atom is -0.193 e. The number of hydrogen-bond acceptors (Lipinski definition) is 1. The van der Waals surface area contributed by atoms with Crippen LogP contribution in [0.1, 0.15) is 81.3 Å². The number of benzene rings is 1. The first-order valence-corrected chi connectivity index (χ1v) is 11.3. The lowest BCUT2D eigenvalue weighted by Crippen LogP contribution is -2.22. The van der Waals surface area contributed by atoms with E-state index in [2.05, 4.69) is 6.58 Å². The van der Waals surface area contributed by atoms with E-state index in [0.29, 0.717) is 17.8 Å². The molecule has 0 N–H and O–H groups in total. The third kappa shape index (κ3) is 6.00. The highest BCUT2D eigenvalue weighted by Gasteiger charge is 2.32. The summed E-state index contributed by atoms with van der Waals surface area (Å²) in [4.78, 5) is 0. The van der Waals surface area contributed by atoms with Gasteiger partial charge in [0.25, 0.3) is 0 Å². The highest BCUT2D eigenvalue weighted by atomic mass is 19.4. The molecule has 3 rings (SSSR count). The largest absolute Gasteiger partial charge is 0.416 e. The summed E-state index contributed by atoms with van der Waals surface area (Å²) in [6.07, 6.45) is 10.7. The fourth-order valence-electron chi connectivity index (χ4n) is 5.37. The summed E-state index contributed by atoms with van der Waals surface area (Å²) < 4.78 is 38.3. The standard InChI is InChI=1S/C26H32F3N/c1-19(21-8-6-20(7-9-21)5-3-2-4-18-30)22-10-12-23(13-11-22)24-14-16-25(17-15-24)26(27,28)29/h2,4,14-17,20-23H,1,3,5-13H2/b4-2+. The summed E-state index contributed by atoms with van der Waals surface area (Å²) >= 11 is 0. The molecule has 0 spiro atoms. The SMILES string of the molecule is C=C(C1CCC(CC/C=C/C#N)CC1)C1CCC(c2ccc(C(F)(F)F)cc2)CC1. The molecule has 1 nitrogen and oxygen atoms in total. The monoisotopic (exact) mass is 415 g/mol. The first-order valence-electron chi connectivity index (χ1n) is 11.3. The number of alkyl halides is 3. The van der Waals surface area contributed by atoms with Gasteiger partial charge in [-0.1, -0.05) is 30.4 Å². The van der Waals surface area contributed by atoms with Crippen molar-refractivity contribution in [1.29, 1.82) is 5.26 Å². The highest BCUT2D eigenvalue weighted by molar-refractivity contribution is 5.27. The lowest BCUT2D eigenvalue weighted by molar-refractivity contribution is -0.137. The van der Waals surface area contributed by atoms with Crippen LogP contribution < -0.4 is 0 Å². The van der Waals surface area contributed by atoms with Gasteiger partial charge in [-0.3, -0.25) is 0 Å². The molecule has 0 aromatic heterocycles. The number of allylic oxidation sites excluding steroid dienone is 3. The Hall–Kier alpha value is -2.02. The third-order valence-corrected chi connectivity index (χ3v) is 7.27. The van der Waals surface area contributed by atoms with Crippen molar-refractivity contribution in [3.63, 3.8) is 0 Å². The molecule has 2 aliphatic carbocycles. The van der Waals surface area contributed by atoms with Crippen molar-refractivity contribution in [3.05, 3.63) is 59.7 Å². The molecule has 30 heavy (non-hydrogen) atoms. The number of rotatable bonds is 6. The van der Waals surface area contributed by atoms with Gasteiger partial charge < -0.3 is 0 Å². The Kier molecular flexibility index (Phi) is 7.81. The van der Waals surface area contributed by atoms with Crippen LogP contribution in [0.25, 0.3) is 0 Å². The van der Waals surface area contributed by atoms with E-state index in [1.807, 2.05) is 12.1 Å². The van der Waals surface area contributed by atoms with E-state index in [0.717, 1.165) is 43.6 Å². The normalized spacial score (nSPS) is 27.7. The van der Waals surface area contributed by atoms with E-state index in [9.17, 15) is 13.2 Å². The summed E-state index contributed by atoms with van der Waals surface area (Å²) in [6, 6.07) is 7.81. The van der Waals surface area contributed by atoms with Crippen molar-refractivity contribution in [2.75, 3.05) is 0 Å². The van der Waals surface area contributed by atoms with Crippen LogP contribution in [-0.4, -0.2) is 0 Å². The van der Waals surface area contributed by atoms with Crippen molar-refractivity contribution in [2.24, 2.45) is 17.8 Å². The Morgan fingerprint density at radius 1 is 0.967 bits per heavy atom. The minimum atomic E-state index is -4.26. The minimum absolute atomic E-state index is 0.369. The predicted molar refractivity (Wildman–Crippen MR) is 115 cm³/mol. The van der Waals surface area contributed by atoms with Gasteiger partial charge in [0, 0.05) is 6.08 Å².